The first-order valence-corrected chi connectivity index (χ1v) is 9.47. The molecule has 4 nitrogen and oxygen atoms in total. The average Bonchev–Trinajstić information content (AvgIpc) is 2.69. The molecule has 0 unspecified atom stereocenters. The minimum absolute atomic E-state index is 0.0718. The van der Waals surface area contributed by atoms with Gasteiger partial charge in [-0.1, -0.05) is 42.5 Å². The molecule has 0 bridgehead atoms. The number of benzene rings is 3. The van der Waals surface area contributed by atoms with Crippen LogP contribution in [0.15, 0.2) is 66.7 Å². The van der Waals surface area contributed by atoms with Crippen molar-refractivity contribution in [2.75, 3.05) is 38.5 Å². The summed E-state index contributed by atoms with van der Waals surface area (Å²) in [7, 11) is 2.17. The number of nitrogens with zero attached hydrogens (tertiary/aromatic N) is 2. The summed E-state index contributed by atoms with van der Waals surface area (Å²) in [6.07, 6.45) is 0. The molecule has 1 aliphatic heterocycles. The molecule has 4 heteroatoms. The largest absolute Gasteiger partial charge is 0.322 e. The van der Waals surface area contributed by atoms with Crippen LogP contribution in [0, 0.1) is 0 Å². The summed E-state index contributed by atoms with van der Waals surface area (Å²) in [6.45, 7) is 5.32. The minimum Gasteiger partial charge on any atom is -0.322 e. The van der Waals surface area contributed by atoms with Crippen LogP contribution in [0.25, 0.3) is 10.8 Å². The first-order chi connectivity index (χ1) is 13.2. The highest BCUT2D eigenvalue weighted by Crippen LogP contribution is 2.18. The fourth-order valence-electron chi connectivity index (χ4n) is 3.55. The molecule has 27 heavy (non-hydrogen) atoms. The van der Waals surface area contributed by atoms with Gasteiger partial charge in [-0.25, -0.2) is 0 Å². The Kier molecular flexibility index (Phi) is 5.19. The topological polar surface area (TPSA) is 35.6 Å². The van der Waals surface area contributed by atoms with Crippen LogP contribution in [0.5, 0.6) is 0 Å². The van der Waals surface area contributed by atoms with E-state index in [9.17, 15) is 4.79 Å². The van der Waals surface area contributed by atoms with Crippen LogP contribution in [0.3, 0.4) is 0 Å². The predicted molar refractivity (Wildman–Crippen MR) is 111 cm³/mol. The van der Waals surface area contributed by atoms with Crippen LogP contribution in [0.4, 0.5) is 5.69 Å². The van der Waals surface area contributed by atoms with Crippen molar-refractivity contribution in [3.8, 4) is 0 Å². The van der Waals surface area contributed by atoms with Gasteiger partial charge in [-0.2, -0.15) is 0 Å². The van der Waals surface area contributed by atoms with Gasteiger partial charge < -0.3 is 10.2 Å². The van der Waals surface area contributed by atoms with Crippen molar-refractivity contribution in [3.05, 3.63) is 77.9 Å². The van der Waals surface area contributed by atoms with Gasteiger partial charge in [0.15, 0.2) is 0 Å². The fourth-order valence-corrected chi connectivity index (χ4v) is 3.55. The lowest BCUT2D eigenvalue weighted by Gasteiger charge is -2.32. The zero-order chi connectivity index (χ0) is 18.6. The Morgan fingerprint density at radius 2 is 1.67 bits per heavy atom. The number of hydrogen-bond acceptors (Lipinski definition) is 3. The van der Waals surface area contributed by atoms with E-state index in [0.717, 1.165) is 49.2 Å². The first-order valence-electron chi connectivity index (χ1n) is 9.47. The standard InChI is InChI=1S/C23H25N3O/c1-25-11-13-26(14-12-25)17-18-5-4-8-22(15-18)24-23(27)21-10-9-19-6-2-3-7-20(19)16-21/h2-10,15-16H,11-14,17H2,1H3,(H,24,27). The normalized spacial score (nSPS) is 15.7. The quantitative estimate of drug-likeness (QED) is 0.769. The Bertz CT molecular complexity index is 945. The van der Waals surface area contributed by atoms with E-state index in [4.69, 9.17) is 0 Å². The third-order valence-corrected chi connectivity index (χ3v) is 5.20. The molecule has 4 rings (SSSR count). The van der Waals surface area contributed by atoms with Crippen molar-refractivity contribution in [1.82, 2.24) is 9.80 Å². The second-order valence-electron chi connectivity index (χ2n) is 7.30. The molecule has 1 N–H and O–H groups in total. The minimum atomic E-state index is -0.0718. The van der Waals surface area contributed by atoms with Crippen molar-refractivity contribution < 1.29 is 4.79 Å². The summed E-state index contributed by atoms with van der Waals surface area (Å²) < 4.78 is 0. The Hall–Kier alpha value is -2.69. The molecule has 1 saturated heterocycles. The van der Waals surface area contributed by atoms with Crippen LogP contribution < -0.4 is 5.32 Å². The third kappa shape index (κ3) is 4.35. The Morgan fingerprint density at radius 1 is 0.889 bits per heavy atom. The Labute approximate surface area is 160 Å². The van der Waals surface area contributed by atoms with E-state index in [1.165, 1.54) is 5.56 Å². The second kappa shape index (κ2) is 7.91. The van der Waals surface area contributed by atoms with Crippen LogP contribution in [-0.4, -0.2) is 48.9 Å². The van der Waals surface area contributed by atoms with Gasteiger partial charge >= 0.3 is 0 Å². The third-order valence-electron chi connectivity index (χ3n) is 5.20. The molecule has 3 aromatic carbocycles. The molecule has 0 aliphatic carbocycles. The van der Waals surface area contributed by atoms with Crippen LogP contribution in [0.2, 0.25) is 0 Å². The summed E-state index contributed by atoms with van der Waals surface area (Å²) in [5.41, 5.74) is 2.76. The van der Waals surface area contributed by atoms with Crippen molar-refractivity contribution in [2.45, 2.75) is 6.54 Å². The lowest BCUT2D eigenvalue weighted by Crippen LogP contribution is -2.43. The zero-order valence-corrected chi connectivity index (χ0v) is 15.7. The number of anilines is 1. The van der Waals surface area contributed by atoms with Gasteiger partial charge in [-0.3, -0.25) is 9.69 Å². The maximum absolute atomic E-state index is 12.7. The number of likely N-dealkylation sites (N-methyl/N-ethyl adjacent to an activating group) is 1. The van der Waals surface area contributed by atoms with Gasteiger partial charge in [0, 0.05) is 44.0 Å². The van der Waals surface area contributed by atoms with E-state index in [-0.39, 0.29) is 5.91 Å². The lowest BCUT2D eigenvalue weighted by atomic mass is 10.1. The first kappa shape index (κ1) is 17.7. The van der Waals surface area contributed by atoms with Crippen molar-refractivity contribution in [1.29, 1.82) is 0 Å². The number of rotatable bonds is 4. The molecule has 0 spiro atoms. The van der Waals surface area contributed by atoms with E-state index in [1.807, 2.05) is 48.5 Å². The van der Waals surface area contributed by atoms with Crippen molar-refractivity contribution in [3.63, 3.8) is 0 Å². The monoisotopic (exact) mass is 359 g/mol. The van der Waals surface area contributed by atoms with Gasteiger partial charge in [-0.15, -0.1) is 0 Å². The van der Waals surface area contributed by atoms with Gasteiger partial charge in [-0.05, 0) is 47.6 Å². The summed E-state index contributed by atoms with van der Waals surface area (Å²) >= 11 is 0. The van der Waals surface area contributed by atoms with E-state index in [0.29, 0.717) is 5.56 Å². The van der Waals surface area contributed by atoms with Crippen molar-refractivity contribution in [2.24, 2.45) is 0 Å². The number of carbonyl (C=O) groups excluding carboxylic acids is 1. The van der Waals surface area contributed by atoms with E-state index >= 15 is 0 Å². The lowest BCUT2D eigenvalue weighted by molar-refractivity contribution is 0.102. The molecule has 138 valence electrons. The van der Waals surface area contributed by atoms with Crippen molar-refractivity contribution >= 4 is 22.4 Å². The number of hydrogen-bond donors (Lipinski definition) is 1. The van der Waals surface area contributed by atoms with Crippen LogP contribution >= 0.6 is 0 Å². The van der Waals surface area contributed by atoms with E-state index in [1.54, 1.807) is 0 Å². The number of carbonyl (C=O) groups is 1. The van der Waals surface area contributed by atoms with Gasteiger partial charge in [0.05, 0.1) is 0 Å². The molecule has 0 aromatic heterocycles. The van der Waals surface area contributed by atoms with Gasteiger partial charge in [0.25, 0.3) is 5.91 Å². The Balaban J connectivity index is 1.44. The Morgan fingerprint density at radius 3 is 2.48 bits per heavy atom. The predicted octanol–water partition coefficient (Wildman–Crippen LogP) is 3.84. The highest BCUT2D eigenvalue weighted by atomic mass is 16.1. The summed E-state index contributed by atoms with van der Waals surface area (Å²) in [4.78, 5) is 17.5. The maximum Gasteiger partial charge on any atom is 0.255 e. The molecule has 1 amide bonds. The molecule has 0 saturated carbocycles. The number of piperazine rings is 1. The fraction of sp³-hybridized carbons (Fsp3) is 0.261. The summed E-state index contributed by atoms with van der Waals surface area (Å²) in [5, 5.41) is 5.26. The zero-order valence-electron chi connectivity index (χ0n) is 15.7. The van der Waals surface area contributed by atoms with E-state index in [2.05, 4.69) is 40.4 Å². The van der Waals surface area contributed by atoms with Crippen LogP contribution in [-0.2, 0) is 6.54 Å². The average molecular weight is 359 g/mol. The molecule has 0 atom stereocenters. The van der Waals surface area contributed by atoms with E-state index < -0.39 is 0 Å². The highest BCUT2D eigenvalue weighted by Gasteiger charge is 2.14. The van der Waals surface area contributed by atoms with Gasteiger partial charge in [0.2, 0.25) is 0 Å². The summed E-state index contributed by atoms with van der Waals surface area (Å²) in [6, 6.07) is 22.1. The SMILES string of the molecule is CN1CCN(Cc2cccc(NC(=O)c3ccc4ccccc4c3)c2)CC1. The maximum atomic E-state index is 12.7. The molecule has 1 heterocycles. The molecule has 1 fully saturated rings. The number of fused-ring (bicyclic) bond motifs is 1. The molecule has 1 aliphatic rings. The number of nitrogens with one attached hydrogen (secondary N) is 1. The summed E-state index contributed by atoms with van der Waals surface area (Å²) in [5.74, 6) is -0.0718. The smallest absolute Gasteiger partial charge is 0.255 e. The van der Waals surface area contributed by atoms with Gasteiger partial charge in [0.1, 0.15) is 0 Å². The highest BCUT2D eigenvalue weighted by molar-refractivity contribution is 6.06. The number of amides is 1. The molecular weight excluding hydrogens is 334 g/mol. The molecule has 0 radical (unpaired) electrons. The molecular formula is C23H25N3O. The second-order valence-corrected chi connectivity index (χ2v) is 7.30. The molecule has 3 aromatic rings. The van der Waals surface area contributed by atoms with Crippen LogP contribution in [0.1, 0.15) is 15.9 Å².